The molecule has 0 bridgehead atoms. The normalized spacial score (nSPS) is 10.8. The van der Waals surface area contributed by atoms with Crippen molar-refractivity contribution in [3.05, 3.63) is 90.6 Å². The van der Waals surface area contributed by atoms with Gasteiger partial charge in [-0.3, -0.25) is 9.59 Å². The number of nitrogen functional groups attached to an aromatic ring is 2. The van der Waals surface area contributed by atoms with E-state index in [0.29, 0.717) is 22.7 Å². The van der Waals surface area contributed by atoms with Crippen LogP contribution >= 0.6 is 0 Å². The van der Waals surface area contributed by atoms with Gasteiger partial charge in [0.05, 0.1) is 5.69 Å². The molecule has 154 valence electrons. The number of carbonyl (C=O) groups is 2. The van der Waals surface area contributed by atoms with E-state index in [1.54, 1.807) is 53.4 Å². The summed E-state index contributed by atoms with van der Waals surface area (Å²) in [7, 11) is 0. The van der Waals surface area contributed by atoms with Gasteiger partial charge in [-0.15, -0.1) is 0 Å². The molecule has 0 aliphatic carbocycles. The summed E-state index contributed by atoms with van der Waals surface area (Å²) in [5, 5.41) is 9.76. The van der Waals surface area contributed by atoms with Crippen LogP contribution in [0.3, 0.4) is 0 Å². The first-order valence-electron chi connectivity index (χ1n) is 9.43. The van der Waals surface area contributed by atoms with Crippen LogP contribution in [-0.4, -0.2) is 11.8 Å². The highest BCUT2D eigenvalue weighted by atomic mass is 16.2. The second kappa shape index (κ2) is 9.29. The van der Waals surface area contributed by atoms with Gasteiger partial charge in [-0.25, -0.2) is 4.90 Å². The van der Waals surface area contributed by atoms with Gasteiger partial charge >= 0.3 is 0 Å². The van der Waals surface area contributed by atoms with E-state index in [0.717, 1.165) is 10.6 Å². The Balaban J connectivity index is 2.07. The van der Waals surface area contributed by atoms with E-state index in [9.17, 15) is 14.9 Å². The topological polar surface area (TPSA) is 116 Å². The molecule has 0 heterocycles. The number of imide groups is 1. The fraction of sp³-hybridized carbons (Fsp3) is 0.0417. The average Bonchev–Trinajstić information content (AvgIpc) is 2.77. The zero-order chi connectivity index (χ0) is 22.4. The molecule has 7 nitrogen and oxygen atoms in total. The Morgan fingerprint density at radius 1 is 0.806 bits per heavy atom. The van der Waals surface area contributed by atoms with Crippen molar-refractivity contribution in [3.63, 3.8) is 0 Å². The standard InChI is InChI=1S/C24H21N5O2/c1-17(30)29(23-13-9-20(27)10-14-23)24(31)18(15-25)16-28(21-5-3-2-4-6-21)22-11-7-19(26)8-12-22/h2-14,16H,26-27H2,1H3/b18-16-. The Labute approximate surface area is 180 Å². The third-order valence-electron chi connectivity index (χ3n) is 4.48. The molecule has 0 spiro atoms. The SMILES string of the molecule is CC(=O)N(C(=O)/C(C#N)=C\N(c1ccccc1)c1ccc(N)cc1)c1ccc(N)cc1. The number of carbonyl (C=O) groups excluding carboxylic acids is 2. The number of para-hydroxylation sites is 1. The molecular weight excluding hydrogens is 390 g/mol. The van der Waals surface area contributed by atoms with Crippen molar-refractivity contribution in [2.75, 3.05) is 21.3 Å². The lowest BCUT2D eigenvalue weighted by Gasteiger charge is -2.23. The van der Waals surface area contributed by atoms with Crippen molar-refractivity contribution in [1.29, 1.82) is 5.26 Å². The summed E-state index contributed by atoms with van der Waals surface area (Å²) in [6, 6.07) is 24.4. The van der Waals surface area contributed by atoms with Gasteiger partial charge in [-0.1, -0.05) is 18.2 Å². The molecule has 0 aromatic heterocycles. The molecule has 3 aromatic rings. The Morgan fingerprint density at radius 2 is 1.29 bits per heavy atom. The quantitative estimate of drug-likeness (QED) is 0.373. The number of anilines is 5. The second-order valence-corrected chi connectivity index (χ2v) is 6.70. The van der Waals surface area contributed by atoms with Crippen molar-refractivity contribution in [3.8, 4) is 6.07 Å². The molecular formula is C24H21N5O2. The van der Waals surface area contributed by atoms with Crippen molar-refractivity contribution in [2.24, 2.45) is 0 Å². The summed E-state index contributed by atoms with van der Waals surface area (Å²) in [4.78, 5) is 28.1. The highest BCUT2D eigenvalue weighted by Gasteiger charge is 2.25. The number of hydrogen-bond acceptors (Lipinski definition) is 6. The van der Waals surface area contributed by atoms with Gasteiger partial charge in [0.15, 0.2) is 0 Å². The molecule has 0 aliphatic heterocycles. The Morgan fingerprint density at radius 3 is 1.77 bits per heavy atom. The van der Waals surface area contributed by atoms with E-state index in [2.05, 4.69) is 0 Å². The number of nitrogens with two attached hydrogens (primary N) is 2. The Hall–Kier alpha value is -4.57. The molecule has 0 atom stereocenters. The molecule has 0 saturated carbocycles. The maximum Gasteiger partial charge on any atom is 0.277 e. The fourth-order valence-electron chi connectivity index (χ4n) is 2.97. The van der Waals surface area contributed by atoms with Crippen molar-refractivity contribution in [1.82, 2.24) is 0 Å². The van der Waals surface area contributed by atoms with Gasteiger partial charge in [0.25, 0.3) is 5.91 Å². The van der Waals surface area contributed by atoms with Gasteiger partial charge in [0.1, 0.15) is 11.6 Å². The molecule has 3 rings (SSSR count). The Bertz CT molecular complexity index is 1150. The van der Waals surface area contributed by atoms with Gasteiger partial charge in [-0.2, -0.15) is 5.26 Å². The first kappa shape index (κ1) is 21.1. The van der Waals surface area contributed by atoms with Crippen molar-refractivity contribution < 1.29 is 9.59 Å². The van der Waals surface area contributed by atoms with Crippen LogP contribution in [0.15, 0.2) is 90.6 Å². The van der Waals surface area contributed by atoms with Gasteiger partial charge in [-0.05, 0) is 60.7 Å². The summed E-state index contributed by atoms with van der Waals surface area (Å²) < 4.78 is 0. The fourth-order valence-corrected chi connectivity index (χ4v) is 2.97. The van der Waals surface area contributed by atoms with E-state index in [4.69, 9.17) is 11.5 Å². The summed E-state index contributed by atoms with van der Waals surface area (Å²) in [6.07, 6.45) is 1.41. The van der Waals surface area contributed by atoms with Crippen LogP contribution in [0, 0.1) is 11.3 Å². The molecule has 0 fully saturated rings. The minimum atomic E-state index is -0.740. The lowest BCUT2D eigenvalue weighted by atomic mass is 10.2. The minimum absolute atomic E-state index is 0.215. The maximum atomic E-state index is 13.2. The number of nitriles is 1. The van der Waals surface area contributed by atoms with Crippen LogP contribution in [0.2, 0.25) is 0 Å². The molecule has 0 saturated heterocycles. The smallest absolute Gasteiger partial charge is 0.277 e. The Kier molecular flexibility index (Phi) is 6.33. The van der Waals surface area contributed by atoms with Crippen LogP contribution in [0.4, 0.5) is 28.4 Å². The first-order chi connectivity index (χ1) is 14.9. The van der Waals surface area contributed by atoms with Crippen LogP contribution in [0.1, 0.15) is 6.92 Å². The number of hydrogen-bond donors (Lipinski definition) is 2. The summed E-state index contributed by atoms with van der Waals surface area (Å²) in [5.41, 5.74) is 14.1. The van der Waals surface area contributed by atoms with Gasteiger partial charge in [0, 0.05) is 35.9 Å². The van der Waals surface area contributed by atoms with E-state index < -0.39 is 11.8 Å². The lowest BCUT2D eigenvalue weighted by molar-refractivity contribution is -0.123. The average molecular weight is 411 g/mol. The van der Waals surface area contributed by atoms with E-state index >= 15 is 0 Å². The minimum Gasteiger partial charge on any atom is -0.399 e. The van der Waals surface area contributed by atoms with Crippen molar-refractivity contribution >= 4 is 40.3 Å². The molecule has 0 aliphatic rings. The highest BCUT2D eigenvalue weighted by Crippen LogP contribution is 2.28. The van der Waals surface area contributed by atoms with Crippen LogP contribution in [0.5, 0.6) is 0 Å². The molecule has 0 unspecified atom stereocenters. The number of nitrogens with zero attached hydrogens (tertiary/aromatic N) is 3. The molecule has 4 N–H and O–H groups in total. The third kappa shape index (κ3) is 4.89. The predicted molar refractivity (Wildman–Crippen MR) is 122 cm³/mol. The number of rotatable bonds is 5. The van der Waals surface area contributed by atoms with E-state index in [1.165, 1.54) is 13.1 Å². The summed E-state index contributed by atoms with van der Waals surface area (Å²) in [5.74, 6) is -1.26. The third-order valence-corrected chi connectivity index (χ3v) is 4.48. The monoisotopic (exact) mass is 411 g/mol. The first-order valence-corrected chi connectivity index (χ1v) is 9.43. The van der Waals surface area contributed by atoms with Gasteiger partial charge < -0.3 is 16.4 Å². The van der Waals surface area contributed by atoms with E-state index in [1.807, 2.05) is 36.4 Å². The number of amides is 2. The molecule has 7 heteroatoms. The zero-order valence-electron chi connectivity index (χ0n) is 16.9. The second-order valence-electron chi connectivity index (χ2n) is 6.70. The predicted octanol–water partition coefficient (Wildman–Crippen LogP) is 3.98. The van der Waals surface area contributed by atoms with Gasteiger partial charge in [0.2, 0.25) is 5.91 Å². The zero-order valence-corrected chi connectivity index (χ0v) is 16.9. The van der Waals surface area contributed by atoms with Crippen LogP contribution in [0.25, 0.3) is 0 Å². The molecule has 31 heavy (non-hydrogen) atoms. The van der Waals surface area contributed by atoms with Crippen LogP contribution < -0.4 is 21.3 Å². The summed E-state index contributed by atoms with van der Waals surface area (Å²) in [6.45, 7) is 1.26. The van der Waals surface area contributed by atoms with E-state index in [-0.39, 0.29) is 5.57 Å². The molecule has 0 radical (unpaired) electrons. The molecule has 2 amide bonds. The number of benzene rings is 3. The van der Waals surface area contributed by atoms with Crippen LogP contribution in [-0.2, 0) is 9.59 Å². The summed E-state index contributed by atoms with van der Waals surface area (Å²) >= 11 is 0. The highest BCUT2D eigenvalue weighted by molar-refractivity contribution is 6.21. The lowest BCUT2D eigenvalue weighted by Crippen LogP contribution is -2.36. The maximum absolute atomic E-state index is 13.2. The van der Waals surface area contributed by atoms with Crippen molar-refractivity contribution in [2.45, 2.75) is 6.92 Å². The molecule has 3 aromatic carbocycles. The largest absolute Gasteiger partial charge is 0.399 e.